The number of nitrogens with zero attached hydrogens (tertiary/aromatic N) is 2. The number of piperidine rings is 1. The lowest BCUT2D eigenvalue weighted by Crippen LogP contribution is -2.46. The van der Waals surface area contributed by atoms with Gasteiger partial charge in [-0.05, 0) is 110 Å². The lowest BCUT2D eigenvalue weighted by atomic mass is 9.94. The maximum atomic E-state index is 14.0. The number of fused-ring (bicyclic) bond motifs is 1. The van der Waals surface area contributed by atoms with Crippen molar-refractivity contribution >= 4 is 40.3 Å². The van der Waals surface area contributed by atoms with Crippen molar-refractivity contribution < 1.29 is 23.5 Å². The molecule has 1 unspecified atom stereocenters. The van der Waals surface area contributed by atoms with Gasteiger partial charge in [0.1, 0.15) is 18.2 Å². The van der Waals surface area contributed by atoms with E-state index < -0.39 is 0 Å². The highest BCUT2D eigenvalue weighted by Gasteiger charge is 2.30. The standard InChI is InChI=1S/C42H40FN3O4S/c43-32-19-16-30(17-20-32)40(47)37-14-6-8-23-45(37)25-26-50-38-28-31(42(49)46-24-9-7-15-39-36(46)22-27-51-39)18-21-35(38)44-41(48)34-13-5-4-12-33(34)29-10-2-1-3-11-29/h1-5,10-13,16-22,27-28,37H,6-9,14-15,23-26H2,(H,44,48). The average molecular weight is 702 g/mol. The molecule has 0 bridgehead atoms. The van der Waals surface area contributed by atoms with E-state index in [0.29, 0.717) is 47.6 Å². The molecule has 9 heteroatoms. The van der Waals surface area contributed by atoms with Gasteiger partial charge in [0.2, 0.25) is 0 Å². The molecule has 3 heterocycles. The molecule has 51 heavy (non-hydrogen) atoms. The van der Waals surface area contributed by atoms with Crippen LogP contribution in [0.25, 0.3) is 11.1 Å². The zero-order valence-corrected chi connectivity index (χ0v) is 29.2. The first kappa shape index (κ1) is 34.3. The van der Waals surface area contributed by atoms with E-state index in [0.717, 1.165) is 55.5 Å². The largest absolute Gasteiger partial charge is 0.490 e. The maximum Gasteiger partial charge on any atom is 0.258 e. The number of hydrogen-bond donors (Lipinski definition) is 1. The van der Waals surface area contributed by atoms with E-state index >= 15 is 0 Å². The summed E-state index contributed by atoms with van der Waals surface area (Å²) in [6, 6.07) is 29.8. The minimum Gasteiger partial charge on any atom is -0.490 e. The number of likely N-dealkylation sites (tertiary alicyclic amines) is 1. The number of rotatable bonds is 10. The first-order chi connectivity index (χ1) is 25.0. The van der Waals surface area contributed by atoms with Crippen LogP contribution in [0.2, 0.25) is 0 Å². The highest BCUT2D eigenvalue weighted by atomic mass is 32.1. The Bertz CT molecular complexity index is 2010. The minimum atomic E-state index is -0.376. The molecule has 5 aromatic rings. The van der Waals surface area contributed by atoms with E-state index in [1.807, 2.05) is 64.9 Å². The van der Waals surface area contributed by atoms with Crippen LogP contribution in [0.3, 0.4) is 0 Å². The molecule has 7 nitrogen and oxygen atoms in total. The number of thiophene rings is 1. The van der Waals surface area contributed by atoms with Crippen molar-refractivity contribution in [2.75, 3.05) is 36.5 Å². The highest BCUT2D eigenvalue weighted by molar-refractivity contribution is 7.10. The Morgan fingerprint density at radius 2 is 1.59 bits per heavy atom. The molecule has 2 amide bonds. The third kappa shape index (κ3) is 7.80. The van der Waals surface area contributed by atoms with Crippen molar-refractivity contribution in [3.8, 4) is 16.9 Å². The van der Waals surface area contributed by atoms with Gasteiger partial charge in [0.15, 0.2) is 5.78 Å². The van der Waals surface area contributed by atoms with Gasteiger partial charge in [-0.3, -0.25) is 19.3 Å². The quantitative estimate of drug-likeness (QED) is 0.147. The molecule has 1 N–H and O–H groups in total. The second-order valence-electron chi connectivity index (χ2n) is 13.0. The van der Waals surface area contributed by atoms with E-state index in [1.54, 1.807) is 35.6 Å². The zero-order chi connectivity index (χ0) is 35.2. The lowest BCUT2D eigenvalue weighted by molar-refractivity contribution is 0.0710. The summed E-state index contributed by atoms with van der Waals surface area (Å²) >= 11 is 1.68. The van der Waals surface area contributed by atoms with Crippen molar-refractivity contribution in [2.45, 2.75) is 44.6 Å². The Hall–Kier alpha value is -5.12. The fourth-order valence-electron chi connectivity index (χ4n) is 7.06. The van der Waals surface area contributed by atoms with Gasteiger partial charge in [-0.2, -0.15) is 0 Å². The molecule has 2 aliphatic rings. The molecule has 0 spiro atoms. The topological polar surface area (TPSA) is 79.0 Å². The Morgan fingerprint density at radius 3 is 2.43 bits per heavy atom. The Morgan fingerprint density at radius 1 is 0.824 bits per heavy atom. The molecule has 1 fully saturated rings. The van der Waals surface area contributed by atoms with E-state index in [2.05, 4.69) is 10.2 Å². The lowest BCUT2D eigenvalue weighted by Gasteiger charge is -2.34. The van der Waals surface area contributed by atoms with Crippen LogP contribution >= 0.6 is 11.3 Å². The molecule has 0 saturated carbocycles. The fraction of sp³-hybridized carbons (Fsp3) is 0.262. The summed E-state index contributed by atoms with van der Waals surface area (Å²) in [5.41, 5.74) is 4.61. The summed E-state index contributed by atoms with van der Waals surface area (Å²) in [5.74, 6) is -0.438. The second-order valence-corrected chi connectivity index (χ2v) is 14.0. The number of halogens is 1. The molecular weight excluding hydrogens is 662 g/mol. The van der Waals surface area contributed by atoms with Crippen LogP contribution < -0.4 is 15.0 Å². The predicted octanol–water partition coefficient (Wildman–Crippen LogP) is 8.91. The summed E-state index contributed by atoms with van der Waals surface area (Å²) in [6.07, 6.45) is 5.51. The number of ether oxygens (including phenoxy) is 1. The van der Waals surface area contributed by atoms with Crippen molar-refractivity contribution in [2.24, 2.45) is 0 Å². The number of Topliss-reactive ketones (excluding diaryl/α,β-unsaturated/α-hetero) is 1. The first-order valence-corrected chi connectivity index (χ1v) is 18.5. The van der Waals surface area contributed by atoms with Crippen molar-refractivity contribution in [1.82, 2.24) is 4.90 Å². The Kier molecular flexibility index (Phi) is 10.7. The molecule has 1 saturated heterocycles. The number of carbonyl (C=O) groups excluding carboxylic acids is 3. The van der Waals surface area contributed by atoms with Gasteiger partial charge in [0, 0.05) is 34.7 Å². The number of aryl methyl sites for hydroxylation is 1. The van der Waals surface area contributed by atoms with Crippen LogP contribution in [0.15, 0.2) is 109 Å². The van der Waals surface area contributed by atoms with Crippen molar-refractivity contribution in [1.29, 1.82) is 0 Å². The molecule has 4 aromatic carbocycles. The number of carbonyl (C=O) groups is 3. The normalized spacial score (nSPS) is 16.2. The summed E-state index contributed by atoms with van der Waals surface area (Å²) in [6.45, 7) is 2.06. The summed E-state index contributed by atoms with van der Waals surface area (Å²) in [4.78, 5) is 46.5. The number of nitrogens with one attached hydrogen (secondary N) is 1. The third-order valence-electron chi connectivity index (χ3n) is 9.71. The van der Waals surface area contributed by atoms with Crippen LogP contribution in [-0.4, -0.2) is 54.8 Å². The average Bonchev–Trinajstić information content (AvgIpc) is 3.54. The Labute approximate surface area is 301 Å². The summed E-state index contributed by atoms with van der Waals surface area (Å²) in [7, 11) is 0. The first-order valence-electron chi connectivity index (χ1n) is 17.6. The van der Waals surface area contributed by atoms with Crippen LogP contribution in [-0.2, 0) is 6.42 Å². The molecule has 1 aromatic heterocycles. The van der Waals surface area contributed by atoms with E-state index in [4.69, 9.17) is 4.74 Å². The zero-order valence-electron chi connectivity index (χ0n) is 28.4. The molecule has 2 aliphatic heterocycles. The molecule has 1 atom stereocenters. The van der Waals surface area contributed by atoms with Gasteiger partial charge in [-0.15, -0.1) is 11.3 Å². The van der Waals surface area contributed by atoms with Crippen molar-refractivity contribution in [3.05, 3.63) is 136 Å². The predicted molar refractivity (Wildman–Crippen MR) is 201 cm³/mol. The van der Waals surface area contributed by atoms with Gasteiger partial charge in [-0.1, -0.05) is 55.0 Å². The van der Waals surface area contributed by atoms with Crippen LogP contribution in [0.1, 0.15) is 68.1 Å². The van der Waals surface area contributed by atoms with E-state index in [9.17, 15) is 18.8 Å². The fourth-order valence-corrected chi connectivity index (χ4v) is 7.98. The second kappa shape index (κ2) is 15.8. The summed E-state index contributed by atoms with van der Waals surface area (Å²) < 4.78 is 20.0. The van der Waals surface area contributed by atoms with Gasteiger partial charge < -0.3 is 15.0 Å². The Balaban J connectivity index is 1.14. The molecule has 7 rings (SSSR count). The number of amides is 2. The molecule has 260 valence electrons. The maximum absolute atomic E-state index is 14.0. The molecular formula is C42H40FN3O4S. The van der Waals surface area contributed by atoms with Crippen LogP contribution in [0, 0.1) is 5.82 Å². The van der Waals surface area contributed by atoms with Crippen LogP contribution in [0.5, 0.6) is 5.75 Å². The number of ketones is 1. The van der Waals surface area contributed by atoms with E-state index in [-0.39, 0.29) is 36.1 Å². The van der Waals surface area contributed by atoms with Gasteiger partial charge >= 0.3 is 0 Å². The van der Waals surface area contributed by atoms with Crippen molar-refractivity contribution in [3.63, 3.8) is 0 Å². The van der Waals surface area contributed by atoms with Crippen LogP contribution in [0.4, 0.5) is 15.8 Å². The van der Waals surface area contributed by atoms with Gasteiger partial charge in [0.05, 0.1) is 17.4 Å². The number of benzene rings is 4. The number of anilines is 2. The minimum absolute atomic E-state index is 0.0300. The number of hydrogen-bond acceptors (Lipinski definition) is 6. The smallest absolute Gasteiger partial charge is 0.258 e. The highest BCUT2D eigenvalue weighted by Crippen LogP contribution is 2.34. The third-order valence-corrected chi connectivity index (χ3v) is 10.7. The van der Waals surface area contributed by atoms with Gasteiger partial charge in [-0.25, -0.2) is 4.39 Å². The van der Waals surface area contributed by atoms with E-state index in [1.165, 1.54) is 29.1 Å². The molecule has 0 radical (unpaired) electrons. The van der Waals surface area contributed by atoms with Gasteiger partial charge in [0.25, 0.3) is 11.8 Å². The monoisotopic (exact) mass is 701 g/mol. The molecule has 0 aliphatic carbocycles. The SMILES string of the molecule is O=C(Nc1ccc(C(=O)N2CCCCc3sccc32)cc1OCCN1CCCCC1C(=O)c1ccc(F)cc1)c1ccccc1-c1ccccc1. The summed E-state index contributed by atoms with van der Waals surface area (Å²) in [5, 5.41) is 5.09.